The molecule has 1 aliphatic heterocycles. The van der Waals surface area contributed by atoms with Crippen molar-refractivity contribution in [2.24, 2.45) is 29.6 Å². The van der Waals surface area contributed by atoms with E-state index in [1.54, 1.807) is 0 Å². The standard InChI is InChI=1S/C24H46O4Si/c1-17-10-11-21(18(2)16-28-29(7,8)24(4,5)6)23(25)19(3)20(17)12-13-22-26-14-9-15-27-22/h17-22H,9-16H2,1-8H3/t17-,18+,19+,20+,21-/m0/s1. The Morgan fingerprint density at radius 1 is 1.10 bits per heavy atom. The van der Waals surface area contributed by atoms with E-state index in [0.717, 1.165) is 45.3 Å². The van der Waals surface area contributed by atoms with Gasteiger partial charge in [0.1, 0.15) is 5.78 Å². The fraction of sp³-hybridized carbons (Fsp3) is 0.958. The molecule has 0 radical (unpaired) electrons. The van der Waals surface area contributed by atoms with Gasteiger partial charge in [-0.15, -0.1) is 0 Å². The van der Waals surface area contributed by atoms with Crippen LogP contribution in [0, 0.1) is 29.6 Å². The summed E-state index contributed by atoms with van der Waals surface area (Å²) in [6.07, 6.45) is 4.96. The molecule has 0 aromatic carbocycles. The molecule has 1 heterocycles. The van der Waals surface area contributed by atoms with E-state index in [4.69, 9.17) is 13.9 Å². The molecule has 0 amide bonds. The van der Waals surface area contributed by atoms with E-state index in [1.807, 2.05) is 0 Å². The Morgan fingerprint density at radius 3 is 2.31 bits per heavy atom. The van der Waals surface area contributed by atoms with Gasteiger partial charge in [-0.25, -0.2) is 0 Å². The summed E-state index contributed by atoms with van der Waals surface area (Å²) in [5.74, 6) is 1.97. The lowest BCUT2D eigenvalue weighted by atomic mass is 9.77. The van der Waals surface area contributed by atoms with Gasteiger partial charge < -0.3 is 13.9 Å². The maximum Gasteiger partial charge on any atom is 0.191 e. The second-order valence-corrected chi connectivity index (χ2v) is 16.0. The molecule has 0 aromatic heterocycles. The Kier molecular flexibility index (Phi) is 8.96. The summed E-state index contributed by atoms with van der Waals surface area (Å²) >= 11 is 0. The molecule has 1 saturated heterocycles. The second kappa shape index (κ2) is 10.4. The minimum atomic E-state index is -1.78. The minimum Gasteiger partial charge on any atom is -0.417 e. The summed E-state index contributed by atoms with van der Waals surface area (Å²) in [5.41, 5.74) is 0. The maximum atomic E-state index is 13.4. The topological polar surface area (TPSA) is 44.8 Å². The van der Waals surface area contributed by atoms with E-state index in [2.05, 4.69) is 54.6 Å². The Hall–Kier alpha value is -0.233. The number of ketones is 1. The van der Waals surface area contributed by atoms with Crippen LogP contribution < -0.4 is 0 Å². The van der Waals surface area contributed by atoms with Crippen LogP contribution in [0.5, 0.6) is 0 Å². The Balaban J connectivity index is 1.95. The van der Waals surface area contributed by atoms with Crippen LogP contribution in [-0.4, -0.2) is 40.2 Å². The minimum absolute atomic E-state index is 0.0748. The van der Waals surface area contributed by atoms with E-state index in [-0.39, 0.29) is 29.1 Å². The molecule has 5 heteroatoms. The Labute approximate surface area is 180 Å². The van der Waals surface area contributed by atoms with Crippen molar-refractivity contribution in [1.29, 1.82) is 0 Å². The number of Topliss-reactive ketones (excluding diaryl/α,β-unsaturated/α-hetero) is 1. The summed E-state index contributed by atoms with van der Waals surface area (Å²) in [7, 11) is -1.78. The van der Waals surface area contributed by atoms with Gasteiger partial charge in [-0.3, -0.25) is 4.79 Å². The molecule has 2 fully saturated rings. The molecule has 0 spiro atoms. The monoisotopic (exact) mass is 426 g/mol. The van der Waals surface area contributed by atoms with Gasteiger partial charge in [0.05, 0.1) is 13.2 Å². The normalized spacial score (nSPS) is 31.5. The lowest BCUT2D eigenvalue weighted by Crippen LogP contribution is -2.43. The lowest BCUT2D eigenvalue weighted by molar-refractivity contribution is -0.183. The number of ether oxygens (including phenoxy) is 2. The predicted molar refractivity (Wildman–Crippen MR) is 121 cm³/mol. The molecule has 0 aromatic rings. The average molecular weight is 427 g/mol. The van der Waals surface area contributed by atoms with Crippen molar-refractivity contribution in [3.05, 3.63) is 0 Å². The number of carbonyl (C=O) groups excluding carboxylic acids is 1. The largest absolute Gasteiger partial charge is 0.417 e. The molecule has 2 aliphatic rings. The summed E-state index contributed by atoms with van der Waals surface area (Å²) in [5, 5.41) is 0.205. The van der Waals surface area contributed by atoms with Crippen LogP contribution in [0.4, 0.5) is 0 Å². The highest BCUT2D eigenvalue weighted by Crippen LogP contribution is 2.41. The maximum absolute atomic E-state index is 13.4. The third-order valence-corrected chi connectivity index (χ3v) is 12.5. The third-order valence-electron chi connectivity index (χ3n) is 7.95. The van der Waals surface area contributed by atoms with E-state index in [0.29, 0.717) is 24.2 Å². The van der Waals surface area contributed by atoms with Gasteiger partial charge in [0.2, 0.25) is 0 Å². The Morgan fingerprint density at radius 2 is 1.72 bits per heavy atom. The van der Waals surface area contributed by atoms with Crippen LogP contribution in [0.2, 0.25) is 18.1 Å². The van der Waals surface area contributed by atoms with Crippen LogP contribution >= 0.6 is 0 Å². The van der Waals surface area contributed by atoms with Gasteiger partial charge in [-0.1, -0.05) is 41.5 Å². The molecule has 170 valence electrons. The highest BCUT2D eigenvalue weighted by atomic mass is 28.4. The predicted octanol–water partition coefficient (Wildman–Crippen LogP) is 6.06. The molecule has 5 atom stereocenters. The first-order chi connectivity index (χ1) is 13.4. The zero-order valence-corrected chi connectivity index (χ0v) is 21.3. The third kappa shape index (κ3) is 6.62. The SMILES string of the molecule is C[C@H](CO[Si](C)(C)C(C)(C)C)[C@@H]1CC[C@H](C)[C@@H](CCC2OCCCO2)[C@@H](C)C1=O. The van der Waals surface area contributed by atoms with Gasteiger partial charge in [-0.05, 0) is 68.0 Å². The molecule has 29 heavy (non-hydrogen) atoms. The lowest BCUT2D eigenvalue weighted by Gasteiger charge is -2.38. The molecule has 4 nitrogen and oxygen atoms in total. The highest BCUT2D eigenvalue weighted by Gasteiger charge is 2.41. The number of hydrogen-bond donors (Lipinski definition) is 0. The zero-order chi connectivity index (χ0) is 21.8. The quantitative estimate of drug-likeness (QED) is 0.367. The molecule has 1 saturated carbocycles. The average Bonchev–Trinajstić information content (AvgIpc) is 2.75. The van der Waals surface area contributed by atoms with Gasteiger partial charge in [0.25, 0.3) is 0 Å². The van der Waals surface area contributed by atoms with Crippen LogP contribution in [0.1, 0.15) is 73.6 Å². The van der Waals surface area contributed by atoms with E-state index in [1.165, 1.54) is 0 Å². The van der Waals surface area contributed by atoms with Crippen LogP contribution in [0.25, 0.3) is 0 Å². The Bertz CT molecular complexity index is 521. The smallest absolute Gasteiger partial charge is 0.191 e. The molecule has 2 rings (SSSR count). The first-order valence-corrected chi connectivity index (χ1v) is 14.8. The molecule has 0 bridgehead atoms. The van der Waals surface area contributed by atoms with Crippen molar-refractivity contribution >= 4 is 14.1 Å². The van der Waals surface area contributed by atoms with Crippen molar-refractivity contribution < 1.29 is 18.7 Å². The zero-order valence-electron chi connectivity index (χ0n) is 20.3. The van der Waals surface area contributed by atoms with Gasteiger partial charge in [0.15, 0.2) is 14.6 Å². The van der Waals surface area contributed by atoms with E-state index >= 15 is 0 Å². The van der Waals surface area contributed by atoms with E-state index < -0.39 is 8.32 Å². The van der Waals surface area contributed by atoms with Crippen molar-refractivity contribution in [3.63, 3.8) is 0 Å². The van der Waals surface area contributed by atoms with Crippen LogP contribution in [0.15, 0.2) is 0 Å². The molecule has 0 N–H and O–H groups in total. The second-order valence-electron chi connectivity index (χ2n) is 11.2. The van der Waals surface area contributed by atoms with Crippen LogP contribution in [-0.2, 0) is 18.7 Å². The molecular weight excluding hydrogens is 380 g/mol. The fourth-order valence-electron chi connectivity index (χ4n) is 4.64. The first-order valence-electron chi connectivity index (χ1n) is 11.8. The molecule has 0 unspecified atom stereocenters. The van der Waals surface area contributed by atoms with E-state index in [9.17, 15) is 4.79 Å². The van der Waals surface area contributed by atoms with Crippen molar-refractivity contribution in [3.8, 4) is 0 Å². The summed E-state index contributed by atoms with van der Waals surface area (Å²) in [6, 6.07) is 0. The summed E-state index contributed by atoms with van der Waals surface area (Å²) < 4.78 is 17.9. The fourth-order valence-corrected chi connectivity index (χ4v) is 5.76. The molecular formula is C24H46O4Si. The van der Waals surface area contributed by atoms with Gasteiger partial charge in [0, 0.05) is 18.4 Å². The highest BCUT2D eigenvalue weighted by molar-refractivity contribution is 6.74. The van der Waals surface area contributed by atoms with Gasteiger partial charge in [-0.2, -0.15) is 0 Å². The number of carbonyl (C=O) groups is 1. The van der Waals surface area contributed by atoms with Gasteiger partial charge >= 0.3 is 0 Å². The van der Waals surface area contributed by atoms with Crippen LogP contribution in [0.3, 0.4) is 0 Å². The first kappa shape index (κ1) is 25.0. The number of rotatable bonds is 7. The molecule has 1 aliphatic carbocycles. The van der Waals surface area contributed by atoms with Crippen molar-refractivity contribution in [2.75, 3.05) is 19.8 Å². The summed E-state index contributed by atoms with van der Waals surface area (Å²) in [6.45, 7) is 20.4. The summed E-state index contributed by atoms with van der Waals surface area (Å²) in [4.78, 5) is 13.4. The van der Waals surface area contributed by atoms with Crippen molar-refractivity contribution in [2.45, 2.75) is 98.1 Å². The number of hydrogen-bond acceptors (Lipinski definition) is 4. The van der Waals surface area contributed by atoms with Crippen molar-refractivity contribution in [1.82, 2.24) is 0 Å².